The topological polar surface area (TPSA) is 46.5 Å². The summed E-state index contributed by atoms with van der Waals surface area (Å²) < 4.78 is 6.61. The highest BCUT2D eigenvalue weighted by Gasteiger charge is 2.33. The molecule has 0 aliphatic heterocycles. The number of ether oxygens (including phenoxy) is 1. The van der Waals surface area contributed by atoms with Gasteiger partial charge in [0.1, 0.15) is 12.5 Å². The molecule has 1 N–H and O–H groups in total. The van der Waals surface area contributed by atoms with Crippen LogP contribution in [0.15, 0.2) is 30.3 Å². The number of hydrogen-bond donors (Lipinski definition) is 1. The van der Waals surface area contributed by atoms with Crippen molar-refractivity contribution >= 4 is 5.97 Å². The molecule has 0 spiro atoms. The fourth-order valence-corrected chi connectivity index (χ4v) is 3.33. The van der Waals surface area contributed by atoms with Crippen LogP contribution < -0.4 is 0 Å². The van der Waals surface area contributed by atoms with Gasteiger partial charge in [-0.05, 0) is 26.3 Å². The van der Waals surface area contributed by atoms with Gasteiger partial charge in [-0.25, -0.2) is 0 Å². The molecule has 4 nitrogen and oxygen atoms in total. The number of carbonyl (C=O) groups is 1. The number of quaternary nitrogens is 1. The molecule has 1 rings (SSSR count). The fraction of sp³-hybridized carbons (Fsp3) is 0.650. The van der Waals surface area contributed by atoms with Crippen molar-refractivity contribution in [3.8, 4) is 0 Å². The second-order valence-electron chi connectivity index (χ2n) is 7.37. The van der Waals surface area contributed by atoms with Crippen LogP contribution in [-0.2, 0) is 9.53 Å². The Labute approximate surface area is 147 Å². The van der Waals surface area contributed by atoms with Crippen molar-refractivity contribution in [3.63, 3.8) is 0 Å². The van der Waals surface area contributed by atoms with Crippen LogP contribution in [0.1, 0.15) is 46.1 Å². The van der Waals surface area contributed by atoms with Crippen LogP contribution >= 0.6 is 0 Å². The fourth-order valence-electron chi connectivity index (χ4n) is 3.33. The number of benzene rings is 1. The van der Waals surface area contributed by atoms with Gasteiger partial charge in [-0.15, -0.1) is 0 Å². The molecular weight excluding hydrogens is 302 g/mol. The maximum atomic E-state index is 12.4. The largest absolute Gasteiger partial charge is 0.464 e. The summed E-state index contributed by atoms with van der Waals surface area (Å²) in [6, 6.07) is 9.32. The monoisotopic (exact) mass is 336 g/mol. The van der Waals surface area contributed by atoms with Crippen LogP contribution in [0, 0.1) is 5.41 Å². The van der Waals surface area contributed by atoms with E-state index in [0.29, 0.717) is 6.61 Å². The third-order valence-corrected chi connectivity index (χ3v) is 5.05. The van der Waals surface area contributed by atoms with E-state index in [-0.39, 0.29) is 18.0 Å². The van der Waals surface area contributed by atoms with E-state index >= 15 is 0 Å². The predicted octanol–water partition coefficient (Wildman–Crippen LogP) is 3.21. The molecule has 0 radical (unpaired) electrons. The quantitative estimate of drug-likeness (QED) is 0.527. The van der Waals surface area contributed by atoms with Gasteiger partial charge in [-0.3, -0.25) is 4.79 Å². The molecule has 1 aromatic carbocycles. The third kappa shape index (κ3) is 5.60. The molecule has 0 heterocycles. The molecule has 1 unspecified atom stereocenters. The molecule has 0 saturated carbocycles. The van der Waals surface area contributed by atoms with Crippen molar-refractivity contribution in [2.45, 2.75) is 40.5 Å². The smallest absolute Gasteiger partial charge is 0.315 e. The Morgan fingerprint density at radius 2 is 1.67 bits per heavy atom. The molecule has 1 aromatic rings. The lowest BCUT2D eigenvalue weighted by atomic mass is 9.92. The highest BCUT2D eigenvalue weighted by Crippen LogP contribution is 2.24. The number of aliphatic hydroxyl groups excluding tert-OH is 1. The Kier molecular flexibility index (Phi) is 7.91. The van der Waals surface area contributed by atoms with Gasteiger partial charge < -0.3 is 14.3 Å². The highest BCUT2D eigenvalue weighted by molar-refractivity contribution is 5.78. The second-order valence-corrected chi connectivity index (χ2v) is 7.37. The van der Waals surface area contributed by atoms with Crippen LogP contribution in [0.2, 0.25) is 0 Å². The Morgan fingerprint density at radius 3 is 2.12 bits per heavy atom. The number of carbonyl (C=O) groups excluding carboxylic acids is 1. The minimum atomic E-state index is -0.607. The van der Waals surface area contributed by atoms with E-state index in [0.717, 1.165) is 36.2 Å². The number of hydrogen-bond acceptors (Lipinski definition) is 3. The summed E-state index contributed by atoms with van der Waals surface area (Å²) in [5, 5.41) is 9.58. The van der Waals surface area contributed by atoms with E-state index in [4.69, 9.17) is 4.74 Å². The minimum Gasteiger partial charge on any atom is -0.464 e. The molecule has 0 aliphatic rings. The van der Waals surface area contributed by atoms with E-state index in [9.17, 15) is 9.90 Å². The van der Waals surface area contributed by atoms with Gasteiger partial charge in [-0.2, -0.15) is 0 Å². The molecule has 136 valence electrons. The Morgan fingerprint density at radius 1 is 1.12 bits per heavy atom. The van der Waals surface area contributed by atoms with Crippen molar-refractivity contribution in [3.05, 3.63) is 35.9 Å². The van der Waals surface area contributed by atoms with Crippen LogP contribution in [0.3, 0.4) is 0 Å². The van der Waals surface area contributed by atoms with E-state index in [1.54, 1.807) is 0 Å². The van der Waals surface area contributed by atoms with Crippen molar-refractivity contribution in [2.75, 3.05) is 39.4 Å². The van der Waals surface area contributed by atoms with Crippen molar-refractivity contribution in [1.29, 1.82) is 0 Å². The lowest BCUT2D eigenvalue weighted by molar-refractivity contribution is -0.929. The van der Waals surface area contributed by atoms with E-state index in [2.05, 4.69) is 34.6 Å². The SMILES string of the molecule is CC[N+](CC)(CC)CC(C)(C)COC(=O)C(CO)c1ccccc1. The molecular formula is C20H34NO3+. The van der Waals surface area contributed by atoms with Gasteiger partial charge in [0.2, 0.25) is 0 Å². The molecule has 0 fully saturated rings. The van der Waals surface area contributed by atoms with Gasteiger partial charge in [0, 0.05) is 5.41 Å². The van der Waals surface area contributed by atoms with Gasteiger partial charge in [0.05, 0.1) is 32.8 Å². The molecule has 1 atom stereocenters. The maximum Gasteiger partial charge on any atom is 0.315 e. The Balaban J connectivity index is 2.70. The Bertz CT molecular complexity index is 487. The van der Waals surface area contributed by atoms with E-state index in [1.807, 2.05) is 30.3 Å². The average molecular weight is 336 g/mol. The third-order valence-electron chi connectivity index (χ3n) is 5.05. The molecule has 24 heavy (non-hydrogen) atoms. The van der Waals surface area contributed by atoms with E-state index < -0.39 is 5.92 Å². The molecule has 0 aliphatic carbocycles. The van der Waals surface area contributed by atoms with Crippen molar-refractivity contribution < 1.29 is 19.1 Å². The zero-order chi connectivity index (χ0) is 18.2. The second kappa shape index (κ2) is 9.19. The molecule has 0 saturated heterocycles. The molecule has 0 aromatic heterocycles. The Hall–Kier alpha value is -1.39. The first-order valence-electron chi connectivity index (χ1n) is 9.00. The van der Waals surface area contributed by atoms with Crippen molar-refractivity contribution in [2.24, 2.45) is 5.41 Å². The van der Waals surface area contributed by atoms with Gasteiger partial charge in [-0.1, -0.05) is 44.2 Å². The van der Waals surface area contributed by atoms with Gasteiger partial charge in [0.25, 0.3) is 0 Å². The van der Waals surface area contributed by atoms with Crippen LogP contribution in [0.5, 0.6) is 0 Å². The van der Waals surface area contributed by atoms with Gasteiger partial charge >= 0.3 is 5.97 Å². The van der Waals surface area contributed by atoms with E-state index in [1.165, 1.54) is 0 Å². The normalized spacial score (nSPS) is 13.6. The maximum absolute atomic E-state index is 12.4. The molecule has 0 bridgehead atoms. The summed E-state index contributed by atoms with van der Waals surface area (Å²) in [6.45, 7) is 15.3. The summed E-state index contributed by atoms with van der Waals surface area (Å²) in [4.78, 5) is 12.4. The summed E-state index contributed by atoms with van der Waals surface area (Å²) >= 11 is 0. The summed E-state index contributed by atoms with van der Waals surface area (Å²) in [5.74, 6) is -0.954. The van der Waals surface area contributed by atoms with Crippen LogP contribution in [0.4, 0.5) is 0 Å². The van der Waals surface area contributed by atoms with Crippen molar-refractivity contribution in [1.82, 2.24) is 0 Å². The first-order chi connectivity index (χ1) is 11.3. The molecule has 4 heteroatoms. The van der Waals surface area contributed by atoms with Crippen LogP contribution in [-0.4, -0.2) is 55.0 Å². The number of nitrogens with zero attached hydrogens (tertiary/aromatic N) is 1. The average Bonchev–Trinajstić information content (AvgIpc) is 2.60. The summed E-state index contributed by atoms with van der Waals surface area (Å²) in [7, 11) is 0. The summed E-state index contributed by atoms with van der Waals surface area (Å²) in [5.41, 5.74) is 0.692. The number of aliphatic hydroxyl groups is 1. The first kappa shape index (κ1) is 20.7. The minimum absolute atomic E-state index is 0.103. The van der Waals surface area contributed by atoms with Crippen LogP contribution in [0.25, 0.3) is 0 Å². The van der Waals surface area contributed by atoms with Gasteiger partial charge in [0.15, 0.2) is 0 Å². The number of esters is 1. The zero-order valence-corrected chi connectivity index (χ0v) is 15.9. The standard InChI is InChI=1S/C20H34NO3/c1-6-21(7-2,8-3)15-20(4,5)16-24-19(23)18(14-22)17-12-10-9-11-13-17/h9-13,18,22H,6-8,14-16H2,1-5H3/q+1. The first-order valence-corrected chi connectivity index (χ1v) is 9.00. The zero-order valence-electron chi connectivity index (χ0n) is 15.9. The number of rotatable bonds is 10. The molecule has 0 amide bonds. The highest BCUT2D eigenvalue weighted by atomic mass is 16.5. The predicted molar refractivity (Wildman–Crippen MR) is 97.8 cm³/mol. The lowest BCUT2D eigenvalue weighted by Gasteiger charge is -2.41. The summed E-state index contributed by atoms with van der Waals surface area (Å²) in [6.07, 6.45) is 0. The lowest BCUT2D eigenvalue weighted by Crippen LogP contribution is -2.53.